The lowest BCUT2D eigenvalue weighted by atomic mass is 9.93. The Balaban J connectivity index is 1.77. The van der Waals surface area contributed by atoms with E-state index in [0.717, 1.165) is 43.3 Å². The summed E-state index contributed by atoms with van der Waals surface area (Å²) >= 11 is 0. The molecule has 0 aliphatic carbocycles. The number of hydrogen-bond donors (Lipinski definition) is 1. The number of carbonyl (C=O) groups is 1. The van der Waals surface area contributed by atoms with Crippen molar-refractivity contribution in [1.82, 2.24) is 4.90 Å². The number of ether oxygens (including phenoxy) is 2. The molecule has 1 heterocycles. The number of nitrogens with one attached hydrogen (secondary N) is 1. The minimum Gasteiger partial charge on any atom is -0.494 e. The molecule has 1 aliphatic heterocycles. The van der Waals surface area contributed by atoms with Gasteiger partial charge in [0.1, 0.15) is 11.4 Å². The monoisotopic (exact) mass is 418 g/mol. The summed E-state index contributed by atoms with van der Waals surface area (Å²) in [6, 6.07) is 7.64. The van der Waals surface area contributed by atoms with Crippen LogP contribution in [0.1, 0.15) is 66.7 Å². The molecule has 1 aromatic rings. The number of likely N-dealkylation sites (tertiary alicyclic amines) is 1. The summed E-state index contributed by atoms with van der Waals surface area (Å²) in [5, 5.41) is 3.01. The zero-order chi connectivity index (χ0) is 22.0. The van der Waals surface area contributed by atoms with Gasteiger partial charge in [-0.1, -0.05) is 27.7 Å². The van der Waals surface area contributed by atoms with Crippen LogP contribution in [0.3, 0.4) is 0 Å². The van der Waals surface area contributed by atoms with E-state index in [0.29, 0.717) is 18.9 Å². The maximum absolute atomic E-state index is 12.9. The molecule has 1 fully saturated rings. The predicted molar refractivity (Wildman–Crippen MR) is 124 cm³/mol. The highest BCUT2D eigenvalue weighted by molar-refractivity contribution is 5.97. The third kappa shape index (κ3) is 8.27. The smallest absolute Gasteiger partial charge is 0.256 e. The molecule has 0 saturated carbocycles. The van der Waals surface area contributed by atoms with Gasteiger partial charge in [0.15, 0.2) is 0 Å². The average Bonchev–Trinajstić information content (AvgIpc) is 2.71. The van der Waals surface area contributed by atoms with Crippen molar-refractivity contribution < 1.29 is 14.3 Å². The molecule has 1 saturated heterocycles. The average molecular weight is 419 g/mol. The SMILES string of the molecule is CCCOC(C)(CC(C)C)C(=O)Nc1ccc(OCCCN2CCC(C)CC2)cc1. The largest absolute Gasteiger partial charge is 0.494 e. The lowest BCUT2D eigenvalue weighted by Gasteiger charge is -2.30. The maximum atomic E-state index is 12.9. The zero-order valence-corrected chi connectivity index (χ0v) is 19.7. The van der Waals surface area contributed by atoms with Crippen LogP contribution >= 0.6 is 0 Å². The predicted octanol–water partition coefficient (Wildman–Crippen LogP) is 5.36. The standard InChI is InChI=1S/C25H42N2O3/c1-6-17-30-25(5,19-20(2)3)24(28)26-22-8-10-23(11-9-22)29-18-7-14-27-15-12-21(4)13-16-27/h8-11,20-21H,6-7,12-19H2,1-5H3,(H,26,28). The first-order valence-corrected chi connectivity index (χ1v) is 11.7. The second-order valence-electron chi connectivity index (χ2n) is 9.38. The normalized spacial score (nSPS) is 17.7. The highest BCUT2D eigenvalue weighted by atomic mass is 16.5. The maximum Gasteiger partial charge on any atom is 0.256 e. The molecule has 30 heavy (non-hydrogen) atoms. The lowest BCUT2D eigenvalue weighted by Crippen LogP contribution is -2.44. The molecule has 0 spiro atoms. The number of piperidine rings is 1. The Hall–Kier alpha value is -1.59. The molecule has 0 radical (unpaired) electrons. The molecular weight excluding hydrogens is 376 g/mol. The molecule has 0 bridgehead atoms. The number of amides is 1. The number of nitrogens with zero attached hydrogens (tertiary/aromatic N) is 1. The van der Waals surface area contributed by atoms with E-state index in [1.807, 2.05) is 31.2 Å². The van der Waals surface area contributed by atoms with E-state index in [4.69, 9.17) is 9.47 Å². The Bertz CT molecular complexity index is 624. The quantitative estimate of drug-likeness (QED) is 0.465. The van der Waals surface area contributed by atoms with Crippen molar-refractivity contribution in [3.63, 3.8) is 0 Å². The highest BCUT2D eigenvalue weighted by Gasteiger charge is 2.34. The van der Waals surface area contributed by atoms with Crippen molar-refractivity contribution in [3.05, 3.63) is 24.3 Å². The van der Waals surface area contributed by atoms with Crippen LogP contribution in [0.2, 0.25) is 0 Å². The molecule has 1 aromatic carbocycles. The highest BCUT2D eigenvalue weighted by Crippen LogP contribution is 2.25. The third-order valence-electron chi connectivity index (χ3n) is 5.78. The van der Waals surface area contributed by atoms with Gasteiger partial charge in [-0.2, -0.15) is 0 Å². The Kier molecular flexibility index (Phi) is 10.1. The Labute approximate surface area is 183 Å². The molecule has 0 aromatic heterocycles. The molecule has 5 heteroatoms. The third-order valence-corrected chi connectivity index (χ3v) is 5.78. The van der Waals surface area contributed by atoms with Crippen molar-refractivity contribution >= 4 is 11.6 Å². The Morgan fingerprint density at radius 1 is 1.20 bits per heavy atom. The van der Waals surface area contributed by atoms with Crippen molar-refractivity contribution in [3.8, 4) is 5.75 Å². The van der Waals surface area contributed by atoms with Crippen molar-refractivity contribution in [2.75, 3.05) is 38.2 Å². The molecule has 1 aliphatic rings. The van der Waals surface area contributed by atoms with Gasteiger partial charge in [-0.15, -0.1) is 0 Å². The number of benzene rings is 1. The van der Waals surface area contributed by atoms with Crippen LogP contribution in [0.5, 0.6) is 5.75 Å². The van der Waals surface area contributed by atoms with E-state index in [-0.39, 0.29) is 5.91 Å². The molecule has 5 nitrogen and oxygen atoms in total. The fraction of sp³-hybridized carbons (Fsp3) is 0.720. The van der Waals surface area contributed by atoms with Gasteiger partial charge in [0.05, 0.1) is 6.61 Å². The molecular formula is C25H42N2O3. The summed E-state index contributed by atoms with van der Waals surface area (Å²) in [6.45, 7) is 15.3. The van der Waals surface area contributed by atoms with E-state index in [1.54, 1.807) is 0 Å². The zero-order valence-electron chi connectivity index (χ0n) is 19.7. The van der Waals surface area contributed by atoms with Crippen LogP contribution < -0.4 is 10.1 Å². The first kappa shape index (κ1) is 24.7. The van der Waals surface area contributed by atoms with Gasteiger partial charge < -0.3 is 19.7 Å². The summed E-state index contributed by atoms with van der Waals surface area (Å²) in [6.07, 6.45) is 5.25. The van der Waals surface area contributed by atoms with Gasteiger partial charge in [-0.3, -0.25) is 4.79 Å². The summed E-state index contributed by atoms with van der Waals surface area (Å²) in [5.41, 5.74) is -0.0455. The van der Waals surface area contributed by atoms with Gasteiger partial charge in [0.25, 0.3) is 5.91 Å². The van der Waals surface area contributed by atoms with Gasteiger partial charge >= 0.3 is 0 Å². The van der Waals surface area contributed by atoms with Crippen LogP contribution in [-0.4, -0.2) is 49.3 Å². The van der Waals surface area contributed by atoms with Crippen LogP contribution in [-0.2, 0) is 9.53 Å². The minimum atomic E-state index is -0.814. The van der Waals surface area contributed by atoms with Crippen LogP contribution in [0.15, 0.2) is 24.3 Å². The van der Waals surface area contributed by atoms with E-state index >= 15 is 0 Å². The van der Waals surface area contributed by atoms with Crippen molar-refractivity contribution in [1.29, 1.82) is 0 Å². The summed E-state index contributed by atoms with van der Waals surface area (Å²) in [4.78, 5) is 15.4. The molecule has 1 N–H and O–H groups in total. The Morgan fingerprint density at radius 3 is 2.47 bits per heavy atom. The number of carbonyl (C=O) groups excluding carboxylic acids is 1. The van der Waals surface area contributed by atoms with Crippen LogP contribution in [0, 0.1) is 11.8 Å². The fourth-order valence-electron chi connectivity index (χ4n) is 3.99. The van der Waals surface area contributed by atoms with Gasteiger partial charge in [-0.05, 0) is 88.2 Å². The molecule has 1 atom stereocenters. The van der Waals surface area contributed by atoms with Gasteiger partial charge in [-0.25, -0.2) is 0 Å². The molecule has 1 unspecified atom stereocenters. The van der Waals surface area contributed by atoms with Crippen LogP contribution in [0.4, 0.5) is 5.69 Å². The van der Waals surface area contributed by atoms with Crippen molar-refractivity contribution in [2.45, 2.75) is 72.3 Å². The number of anilines is 1. The van der Waals surface area contributed by atoms with Crippen molar-refractivity contribution in [2.24, 2.45) is 11.8 Å². The second kappa shape index (κ2) is 12.3. The van der Waals surface area contributed by atoms with Crippen LogP contribution in [0.25, 0.3) is 0 Å². The van der Waals surface area contributed by atoms with E-state index in [1.165, 1.54) is 25.9 Å². The topological polar surface area (TPSA) is 50.8 Å². The number of hydrogen-bond acceptors (Lipinski definition) is 4. The second-order valence-corrected chi connectivity index (χ2v) is 9.38. The molecule has 1 amide bonds. The van der Waals surface area contributed by atoms with E-state index < -0.39 is 5.60 Å². The first-order valence-electron chi connectivity index (χ1n) is 11.7. The van der Waals surface area contributed by atoms with E-state index in [9.17, 15) is 4.79 Å². The fourth-order valence-corrected chi connectivity index (χ4v) is 3.99. The molecule has 170 valence electrons. The van der Waals surface area contributed by atoms with Gasteiger partial charge in [0.2, 0.25) is 0 Å². The van der Waals surface area contributed by atoms with Gasteiger partial charge in [0, 0.05) is 18.8 Å². The summed E-state index contributed by atoms with van der Waals surface area (Å²) in [7, 11) is 0. The number of rotatable bonds is 12. The van der Waals surface area contributed by atoms with E-state index in [2.05, 4.69) is 37.9 Å². The summed E-state index contributed by atoms with van der Waals surface area (Å²) in [5.74, 6) is 2.00. The Morgan fingerprint density at radius 2 is 1.87 bits per heavy atom. The molecule has 2 rings (SSSR count). The lowest BCUT2D eigenvalue weighted by molar-refractivity contribution is -0.141. The first-order chi connectivity index (χ1) is 14.3. The summed E-state index contributed by atoms with van der Waals surface area (Å²) < 4.78 is 11.8. The minimum absolute atomic E-state index is 0.0887.